The lowest BCUT2D eigenvalue weighted by molar-refractivity contribution is -0.116. The maximum Gasteiger partial charge on any atom is 0.185 e. The first-order valence-electron chi connectivity index (χ1n) is 5.02. The van der Waals surface area contributed by atoms with Gasteiger partial charge in [-0.25, -0.2) is 4.98 Å². The van der Waals surface area contributed by atoms with E-state index in [0.29, 0.717) is 6.42 Å². The Morgan fingerprint density at radius 2 is 2.33 bits per heavy atom. The summed E-state index contributed by atoms with van der Waals surface area (Å²) in [5, 5.41) is 1.01. The largest absolute Gasteiger partial charge is 0.378 e. The Bertz CT molecular complexity index is 345. The highest BCUT2D eigenvalue weighted by Gasteiger charge is 2.14. The van der Waals surface area contributed by atoms with E-state index in [1.807, 2.05) is 0 Å². The number of carbonyl (C=O) groups is 1. The second-order valence-electron chi connectivity index (χ2n) is 3.59. The fourth-order valence-corrected chi connectivity index (χ4v) is 2.56. The first kappa shape index (κ1) is 10.6. The first-order valence-corrected chi connectivity index (χ1v) is 5.84. The molecule has 0 bridgehead atoms. The van der Waals surface area contributed by atoms with E-state index in [2.05, 4.69) is 9.88 Å². The van der Waals surface area contributed by atoms with Crippen LogP contribution in [0.3, 0.4) is 0 Å². The minimum absolute atomic E-state index is 0.187. The van der Waals surface area contributed by atoms with Crippen molar-refractivity contribution in [2.24, 2.45) is 0 Å². The molecule has 0 N–H and O–H groups in total. The van der Waals surface area contributed by atoms with Crippen molar-refractivity contribution < 1.29 is 9.53 Å². The zero-order valence-corrected chi connectivity index (χ0v) is 9.55. The summed E-state index contributed by atoms with van der Waals surface area (Å²) in [5.41, 5.74) is 0. The molecule has 1 aliphatic rings. The van der Waals surface area contributed by atoms with Gasteiger partial charge < -0.3 is 9.64 Å². The first-order chi connectivity index (χ1) is 7.25. The van der Waals surface area contributed by atoms with Crippen molar-refractivity contribution in [3.05, 3.63) is 11.1 Å². The van der Waals surface area contributed by atoms with Crippen LogP contribution in [0, 0.1) is 0 Å². The Kier molecular flexibility index (Phi) is 3.33. The Morgan fingerprint density at radius 3 is 3.00 bits per heavy atom. The highest BCUT2D eigenvalue weighted by atomic mass is 32.1. The van der Waals surface area contributed by atoms with Gasteiger partial charge in [0, 0.05) is 30.6 Å². The Labute approximate surface area is 92.9 Å². The lowest BCUT2D eigenvalue weighted by Gasteiger charge is -2.25. The number of hydrogen-bond acceptors (Lipinski definition) is 5. The summed E-state index contributed by atoms with van der Waals surface area (Å²) in [6, 6.07) is 0. The molecule has 5 heteroatoms. The second-order valence-corrected chi connectivity index (χ2v) is 4.68. The number of rotatable bonds is 3. The molecule has 0 amide bonds. The lowest BCUT2D eigenvalue weighted by atomic mass is 10.3. The third-order valence-corrected chi connectivity index (χ3v) is 3.30. The number of ketones is 1. The van der Waals surface area contributed by atoms with E-state index in [-0.39, 0.29) is 5.78 Å². The summed E-state index contributed by atoms with van der Waals surface area (Å²) in [6.07, 6.45) is 2.30. The van der Waals surface area contributed by atoms with Crippen molar-refractivity contribution in [1.82, 2.24) is 4.98 Å². The SMILES string of the molecule is CC(=O)Cc1cnc(N2CCOCC2)s1. The van der Waals surface area contributed by atoms with E-state index in [0.717, 1.165) is 36.3 Å². The molecule has 1 saturated heterocycles. The van der Waals surface area contributed by atoms with Crippen molar-refractivity contribution in [2.75, 3.05) is 31.2 Å². The maximum absolute atomic E-state index is 10.9. The van der Waals surface area contributed by atoms with Gasteiger partial charge >= 0.3 is 0 Å². The van der Waals surface area contributed by atoms with Crippen molar-refractivity contribution in [3.8, 4) is 0 Å². The van der Waals surface area contributed by atoms with Crippen LogP contribution in [0.1, 0.15) is 11.8 Å². The van der Waals surface area contributed by atoms with Gasteiger partial charge in [0.1, 0.15) is 5.78 Å². The molecule has 0 unspecified atom stereocenters. The number of ether oxygens (including phenoxy) is 1. The van der Waals surface area contributed by atoms with Gasteiger partial charge in [-0.2, -0.15) is 0 Å². The van der Waals surface area contributed by atoms with Crippen LogP contribution in [-0.4, -0.2) is 37.1 Å². The topological polar surface area (TPSA) is 42.4 Å². The number of morpholine rings is 1. The average molecular weight is 226 g/mol. The molecule has 0 radical (unpaired) electrons. The summed E-state index contributed by atoms with van der Waals surface area (Å²) >= 11 is 1.61. The molecule has 0 saturated carbocycles. The predicted octanol–water partition coefficient (Wildman–Crippen LogP) is 1.11. The van der Waals surface area contributed by atoms with Gasteiger partial charge in [-0.15, -0.1) is 11.3 Å². The molecule has 15 heavy (non-hydrogen) atoms. The fourth-order valence-electron chi connectivity index (χ4n) is 1.53. The van der Waals surface area contributed by atoms with Crippen LogP contribution in [0.15, 0.2) is 6.20 Å². The zero-order chi connectivity index (χ0) is 10.7. The Morgan fingerprint density at radius 1 is 1.60 bits per heavy atom. The van der Waals surface area contributed by atoms with Crippen LogP contribution in [0.4, 0.5) is 5.13 Å². The molecule has 1 aromatic heterocycles. The molecule has 1 aromatic rings. The van der Waals surface area contributed by atoms with E-state index in [1.165, 1.54) is 0 Å². The summed E-state index contributed by atoms with van der Waals surface area (Å²) in [6.45, 7) is 4.93. The second kappa shape index (κ2) is 4.72. The zero-order valence-electron chi connectivity index (χ0n) is 8.73. The van der Waals surface area contributed by atoms with Gasteiger partial charge in [-0.3, -0.25) is 4.79 Å². The summed E-state index contributed by atoms with van der Waals surface area (Å²) in [7, 11) is 0. The molecule has 1 fully saturated rings. The molecule has 82 valence electrons. The third-order valence-electron chi connectivity index (χ3n) is 2.25. The van der Waals surface area contributed by atoms with Crippen molar-refractivity contribution in [2.45, 2.75) is 13.3 Å². The van der Waals surface area contributed by atoms with Gasteiger partial charge in [0.15, 0.2) is 5.13 Å². The molecular weight excluding hydrogens is 212 g/mol. The van der Waals surface area contributed by atoms with Crippen LogP contribution in [0.2, 0.25) is 0 Å². The van der Waals surface area contributed by atoms with E-state index in [4.69, 9.17) is 4.74 Å². The number of aromatic nitrogens is 1. The predicted molar refractivity (Wildman–Crippen MR) is 59.5 cm³/mol. The summed E-state index contributed by atoms with van der Waals surface area (Å²) in [4.78, 5) is 18.5. The van der Waals surface area contributed by atoms with Crippen LogP contribution in [0.5, 0.6) is 0 Å². The number of anilines is 1. The molecule has 0 aliphatic carbocycles. The quantitative estimate of drug-likeness (QED) is 0.774. The van der Waals surface area contributed by atoms with Crippen LogP contribution >= 0.6 is 11.3 Å². The Balaban J connectivity index is 2.02. The van der Waals surface area contributed by atoms with Gasteiger partial charge in [0.2, 0.25) is 0 Å². The molecule has 2 heterocycles. The van der Waals surface area contributed by atoms with E-state index in [9.17, 15) is 4.79 Å². The highest BCUT2D eigenvalue weighted by Crippen LogP contribution is 2.23. The number of nitrogens with zero attached hydrogens (tertiary/aromatic N) is 2. The molecule has 1 aliphatic heterocycles. The minimum atomic E-state index is 0.187. The highest BCUT2D eigenvalue weighted by molar-refractivity contribution is 7.15. The molecule has 4 nitrogen and oxygen atoms in total. The van der Waals surface area contributed by atoms with Crippen molar-refractivity contribution in [3.63, 3.8) is 0 Å². The normalized spacial score (nSPS) is 16.7. The summed E-state index contributed by atoms with van der Waals surface area (Å²) in [5.74, 6) is 0.187. The van der Waals surface area contributed by atoms with Gasteiger partial charge in [-0.1, -0.05) is 0 Å². The number of thiazole rings is 1. The average Bonchev–Trinajstić information content (AvgIpc) is 2.67. The molecule has 2 rings (SSSR count). The van der Waals surface area contributed by atoms with Crippen molar-refractivity contribution in [1.29, 1.82) is 0 Å². The smallest absolute Gasteiger partial charge is 0.185 e. The van der Waals surface area contributed by atoms with Crippen LogP contribution in [-0.2, 0) is 16.0 Å². The summed E-state index contributed by atoms with van der Waals surface area (Å²) < 4.78 is 5.27. The maximum atomic E-state index is 10.9. The van der Waals surface area contributed by atoms with Gasteiger partial charge in [-0.05, 0) is 6.92 Å². The number of carbonyl (C=O) groups excluding carboxylic acids is 1. The number of Topliss-reactive ketones (excluding diaryl/α,β-unsaturated/α-hetero) is 1. The van der Waals surface area contributed by atoms with E-state index < -0.39 is 0 Å². The van der Waals surface area contributed by atoms with Crippen LogP contribution < -0.4 is 4.90 Å². The molecule has 0 atom stereocenters. The fraction of sp³-hybridized carbons (Fsp3) is 0.600. The van der Waals surface area contributed by atoms with Gasteiger partial charge in [0.25, 0.3) is 0 Å². The van der Waals surface area contributed by atoms with Gasteiger partial charge in [0.05, 0.1) is 13.2 Å². The molecule has 0 aromatic carbocycles. The third kappa shape index (κ3) is 2.76. The molecule has 0 spiro atoms. The monoisotopic (exact) mass is 226 g/mol. The van der Waals surface area contributed by atoms with E-state index >= 15 is 0 Å². The minimum Gasteiger partial charge on any atom is -0.378 e. The van der Waals surface area contributed by atoms with Crippen molar-refractivity contribution >= 4 is 22.3 Å². The molecular formula is C10H14N2O2S. The number of hydrogen-bond donors (Lipinski definition) is 0. The standard InChI is InChI=1S/C10H14N2O2S/c1-8(13)6-9-7-11-10(15-9)12-2-4-14-5-3-12/h7H,2-6H2,1H3. The van der Waals surface area contributed by atoms with Crippen LogP contribution in [0.25, 0.3) is 0 Å². The Hall–Kier alpha value is -0.940. The van der Waals surface area contributed by atoms with E-state index in [1.54, 1.807) is 24.5 Å². The lowest BCUT2D eigenvalue weighted by Crippen LogP contribution is -2.36.